The average Bonchev–Trinajstić information content (AvgIpc) is 2.23. The van der Waals surface area contributed by atoms with Gasteiger partial charge >= 0.3 is 5.97 Å². The molecule has 0 heterocycles. The Morgan fingerprint density at radius 1 is 1.56 bits per heavy atom. The van der Waals surface area contributed by atoms with Crippen molar-refractivity contribution in [3.8, 4) is 0 Å². The van der Waals surface area contributed by atoms with E-state index in [9.17, 15) is 4.79 Å². The van der Waals surface area contributed by atoms with Crippen LogP contribution >= 0.6 is 11.6 Å². The highest BCUT2D eigenvalue weighted by atomic mass is 35.5. The third kappa shape index (κ3) is 3.48. The summed E-state index contributed by atoms with van der Waals surface area (Å²) in [5.41, 5.74) is 1.86. The molecule has 0 saturated heterocycles. The molecule has 1 rings (SSSR count). The van der Waals surface area contributed by atoms with Gasteiger partial charge in [-0.2, -0.15) is 0 Å². The van der Waals surface area contributed by atoms with E-state index in [1.807, 2.05) is 19.1 Å². The molecule has 0 aromatic heterocycles. The van der Waals surface area contributed by atoms with Crippen LogP contribution in [-0.2, 0) is 11.3 Å². The summed E-state index contributed by atoms with van der Waals surface area (Å²) >= 11 is 5.93. The lowest BCUT2D eigenvalue weighted by molar-refractivity contribution is -0.140. The van der Waals surface area contributed by atoms with Crippen molar-refractivity contribution in [1.82, 2.24) is 5.32 Å². The number of aliphatic hydroxyl groups is 1. The minimum Gasteiger partial charge on any atom is -0.480 e. The molecule has 5 heteroatoms. The molecule has 1 aromatic carbocycles. The van der Waals surface area contributed by atoms with Gasteiger partial charge in [0.05, 0.1) is 6.61 Å². The van der Waals surface area contributed by atoms with Crippen molar-refractivity contribution in [2.45, 2.75) is 19.5 Å². The van der Waals surface area contributed by atoms with Crippen LogP contribution in [0.5, 0.6) is 0 Å². The number of hydrogen-bond acceptors (Lipinski definition) is 3. The van der Waals surface area contributed by atoms with Crippen LogP contribution in [0.3, 0.4) is 0 Å². The second kappa shape index (κ2) is 5.84. The van der Waals surface area contributed by atoms with Crippen molar-refractivity contribution in [2.75, 3.05) is 6.61 Å². The lowest BCUT2D eigenvalue weighted by atomic mass is 10.1. The summed E-state index contributed by atoms with van der Waals surface area (Å²) in [5.74, 6) is -1.07. The smallest absolute Gasteiger partial charge is 0.323 e. The largest absolute Gasteiger partial charge is 0.480 e. The van der Waals surface area contributed by atoms with E-state index in [4.69, 9.17) is 21.8 Å². The minimum atomic E-state index is -1.07. The predicted molar refractivity (Wildman–Crippen MR) is 61.5 cm³/mol. The number of halogens is 1. The van der Waals surface area contributed by atoms with Gasteiger partial charge in [-0.05, 0) is 24.1 Å². The molecule has 1 unspecified atom stereocenters. The highest BCUT2D eigenvalue weighted by Gasteiger charge is 2.14. The lowest BCUT2D eigenvalue weighted by Gasteiger charge is -2.11. The van der Waals surface area contributed by atoms with Gasteiger partial charge < -0.3 is 10.2 Å². The first kappa shape index (κ1) is 13.0. The number of carboxylic acid groups (broad SMARTS) is 1. The Bertz CT molecular complexity index is 381. The molecule has 88 valence electrons. The van der Waals surface area contributed by atoms with E-state index in [0.29, 0.717) is 11.6 Å². The summed E-state index contributed by atoms with van der Waals surface area (Å²) < 4.78 is 0. The molecule has 1 aromatic rings. The summed E-state index contributed by atoms with van der Waals surface area (Å²) in [6.45, 7) is 1.82. The Kier molecular flexibility index (Phi) is 4.73. The molecular weight excluding hydrogens is 230 g/mol. The summed E-state index contributed by atoms with van der Waals surface area (Å²) in [4.78, 5) is 10.6. The van der Waals surface area contributed by atoms with Gasteiger partial charge in [0.15, 0.2) is 0 Å². The van der Waals surface area contributed by atoms with Crippen molar-refractivity contribution in [2.24, 2.45) is 0 Å². The fourth-order valence-electron chi connectivity index (χ4n) is 1.22. The van der Waals surface area contributed by atoms with E-state index < -0.39 is 18.6 Å². The number of carboxylic acids is 1. The van der Waals surface area contributed by atoms with Gasteiger partial charge in [0.25, 0.3) is 0 Å². The van der Waals surface area contributed by atoms with E-state index in [1.54, 1.807) is 6.07 Å². The number of benzene rings is 1. The summed E-state index contributed by atoms with van der Waals surface area (Å²) in [6, 6.07) is 4.57. The Morgan fingerprint density at radius 3 is 2.75 bits per heavy atom. The van der Waals surface area contributed by atoms with Gasteiger partial charge in [-0.1, -0.05) is 23.7 Å². The van der Waals surface area contributed by atoms with Crippen molar-refractivity contribution in [3.63, 3.8) is 0 Å². The van der Waals surface area contributed by atoms with Gasteiger partial charge in [0, 0.05) is 11.6 Å². The first-order valence-electron chi connectivity index (χ1n) is 4.86. The van der Waals surface area contributed by atoms with Crippen LogP contribution < -0.4 is 5.32 Å². The standard InChI is InChI=1S/C11H14ClNO3/c1-7-2-3-8(4-9(7)12)5-13-10(6-14)11(15)16/h2-4,10,13-14H,5-6H2,1H3,(H,15,16). The van der Waals surface area contributed by atoms with E-state index in [-0.39, 0.29) is 0 Å². The Balaban J connectivity index is 2.60. The van der Waals surface area contributed by atoms with Gasteiger partial charge in [0.1, 0.15) is 6.04 Å². The topological polar surface area (TPSA) is 69.6 Å². The summed E-state index contributed by atoms with van der Waals surface area (Å²) in [5, 5.41) is 20.9. The SMILES string of the molecule is Cc1ccc(CNC(CO)C(=O)O)cc1Cl. The summed E-state index contributed by atoms with van der Waals surface area (Å²) in [6.07, 6.45) is 0. The van der Waals surface area contributed by atoms with Crippen LogP contribution in [0.1, 0.15) is 11.1 Å². The van der Waals surface area contributed by atoms with Crippen LogP contribution in [0, 0.1) is 6.92 Å². The average molecular weight is 244 g/mol. The molecule has 0 saturated carbocycles. The van der Waals surface area contributed by atoms with E-state index in [0.717, 1.165) is 11.1 Å². The quantitative estimate of drug-likeness (QED) is 0.727. The van der Waals surface area contributed by atoms with E-state index in [1.165, 1.54) is 0 Å². The Morgan fingerprint density at radius 2 is 2.25 bits per heavy atom. The fraction of sp³-hybridized carbons (Fsp3) is 0.364. The number of rotatable bonds is 5. The van der Waals surface area contributed by atoms with E-state index in [2.05, 4.69) is 5.32 Å². The predicted octanol–water partition coefficient (Wildman–Crippen LogP) is 1.18. The number of nitrogens with one attached hydrogen (secondary N) is 1. The van der Waals surface area contributed by atoms with Gasteiger partial charge in [-0.25, -0.2) is 0 Å². The molecule has 3 N–H and O–H groups in total. The zero-order valence-corrected chi connectivity index (χ0v) is 9.66. The molecule has 0 fully saturated rings. The van der Waals surface area contributed by atoms with Crippen molar-refractivity contribution < 1.29 is 15.0 Å². The maximum Gasteiger partial charge on any atom is 0.323 e. The number of aryl methyl sites for hydroxylation is 1. The zero-order chi connectivity index (χ0) is 12.1. The molecule has 0 radical (unpaired) electrons. The summed E-state index contributed by atoms with van der Waals surface area (Å²) in [7, 11) is 0. The van der Waals surface area contributed by atoms with Crippen molar-refractivity contribution in [1.29, 1.82) is 0 Å². The van der Waals surface area contributed by atoms with Crippen LogP contribution in [0.4, 0.5) is 0 Å². The van der Waals surface area contributed by atoms with Crippen LogP contribution in [0.15, 0.2) is 18.2 Å². The molecule has 0 aliphatic rings. The maximum absolute atomic E-state index is 10.6. The number of hydrogen-bond donors (Lipinski definition) is 3. The second-order valence-electron chi connectivity index (χ2n) is 3.54. The minimum absolute atomic E-state index is 0.359. The molecule has 0 spiro atoms. The highest BCUT2D eigenvalue weighted by molar-refractivity contribution is 6.31. The van der Waals surface area contributed by atoms with Crippen molar-refractivity contribution in [3.05, 3.63) is 34.3 Å². The molecule has 4 nitrogen and oxygen atoms in total. The maximum atomic E-state index is 10.6. The van der Waals surface area contributed by atoms with Crippen LogP contribution in [0.2, 0.25) is 5.02 Å². The molecule has 0 aliphatic heterocycles. The monoisotopic (exact) mass is 243 g/mol. The van der Waals surface area contributed by atoms with Gasteiger partial charge in [-0.3, -0.25) is 10.1 Å². The zero-order valence-electron chi connectivity index (χ0n) is 8.90. The normalized spacial score (nSPS) is 12.4. The number of carbonyl (C=O) groups is 1. The highest BCUT2D eigenvalue weighted by Crippen LogP contribution is 2.16. The Labute approximate surface area is 98.9 Å². The third-order valence-corrected chi connectivity index (χ3v) is 2.68. The second-order valence-corrected chi connectivity index (χ2v) is 3.95. The van der Waals surface area contributed by atoms with Gasteiger partial charge in [-0.15, -0.1) is 0 Å². The van der Waals surface area contributed by atoms with E-state index >= 15 is 0 Å². The molecule has 0 aliphatic carbocycles. The first-order chi connectivity index (χ1) is 7.54. The molecular formula is C11H14ClNO3. The number of aliphatic hydroxyl groups excluding tert-OH is 1. The lowest BCUT2D eigenvalue weighted by Crippen LogP contribution is -2.39. The molecule has 0 bridgehead atoms. The first-order valence-corrected chi connectivity index (χ1v) is 5.24. The third-order valence-electron chi connectivity index (χ3n) is 2.27. The van der Waals surface area contributed by atoms with Gasteiger partial charge in [0.2, 0.25) is 0 Å². The molecule has 16 heavy (non-hydrogen) atoms. The molecule has 1 atom stereocenters. The van der Waals surface area contributed by atoms with Crippen LogP contribution in [-0.4, -0.2) is 28.8 Å². The molecule has 0 amide bonds. The Hall–Kier alpha value is -1.10. The van der Waals surface area contributed by atoms with Crippen molar-refractivity contribution >= 4 is 17.6 Å². The fourth-order valence-corrected chi connectivity index (χ4v) is 1.42. The number of aliphatic carboxylic acids is 1. The van der Waals surface area contributed by atoms with Crippen LogP contribution in [0.25, 0.3) is 0 Å².